The molecule has 30 heavy (non-hydrogen) atoms. The van der Waals surface area contributed by atoms with E-state index < -0.39 is 11.7 Å². The van der Waals surface area contributed by atoms with Crippen LogP contribution in [0.3, 0.4) is 0 Å². The summed E-state index contributed by atoms with van der Waals surface area (Å²) in [5, 5.41) is 1.58. The summed E-state index contributed by atoms with van der Waals surface area (Å²) in [7, 11) is 0. The number of nitrogens with two attached hydrogens (primary N) is 1. The van der Waals surface area contributed by atoms with E-state index in [2.05, 4.69) is 0 Å². The molecule has 1 aliphatic rings. The molecule has 7 heteroatoms. The van der Waals surface area contributed by atoms with Crippen LogP contribution in [-0.2, 0) is 6.18 Å². The molecule has 1 atom stereocenters. The van der Waals surface area contributed by atoms with Gasteiger partial charge in [-0.15, -0.1) is 0 Å². The molecule has 1 unspecified atom stereocenters. The Balaban J connectivity index is 1.58. The number of benzene rings is 3. The summed E-state index contributed by atoms with van der Waals surface area (Å²) in [6.45, 7) is 1.25. The average molecular weight is 414 g/mol. The Hall–Kier alpha value is -3.06. The number of halogens is 3. The lowest BCUT2D eigenvalue weighted by Gasteiger charge is -2.30. The van der Waals surface area contributed by atoms with Crippen LogP contribution < -0.4 is 10.5 Å². The van der Waals surface area contributed by atoms with Crippen LogP contribution in [0.15, 0.2) is 60.7 Å². The molecule has 3 aromatic carbocycles. The van der Waals surface area contributed by atoms with Gasteiger partial charge in [0, 0.05) is 30.1 Å². The number of piperidine rings is 1. The summed E-state index contributed by atoms with van der Waals surface area (Å²) >= 11 is 0. The van der Waals surface area contributed by atoms with Crippen LogP contribution in [0.25, 0.3) is 10.8 Å². The number of amides is 1. The van der Waals surface area contributed by atoms with Crippen molar-refractivity contribution in [2.24, 2.45) is 5.73 Å². The number of nitrogens with zero attached hydrogens (tertiary/aromatic N) is 1. The highest BCUT2D eigenvalue weighted by Crippen LogP contribution is 2.34. The van der Waals surface area contributed by atoms with Gasteiger partial charge in [-0.25, -0.2) is 0 Å². The predicted octanol–water partition coefficient (Wildman–Crippen LogP) is 5.21. The number of likely N-dealkylation sites (tertiary alicyclic amines) is 1. The van der Waals surface area contributed by atoms with Crippen LogP contribution in [0.1, 0.15) is 28.8 Å². The van der Waals surface area contributed by atoms with E-state index in [1.165, 1.54) is 12.1 Å². The minimum Gasteiger partial charge on any atom is -0.457 e. The number of hydrogen-bond donors (Lipinski definition) is 1. The lowest BCUT2D eigenvalue weighted by Crippen LogP contribution is -2.45. The Kier molecular flexibility index (Phi) is 5.39. The number of carbonyl (C=O) groups is 1. The summed E-state index contributed by atoms with van der Waals surface area (Å²) in [5.74, 6) is 0.755. The van der Waals surface area contributed by atoms with Crippen molar-refractivity contribution in [2.45, 2.75) is 25.1 Å². The average Bonchev–Trinajstić information content (AvgIpc) is 2.73. The maximum atomic E-state index is 12.8. The van der Waals surface area contributed by atoms with Crippen molar-refractivity contribution in [3.05, 3.63) is 71.8 Å². The first-order chi connectivity index (χ1) is 14.3. The first-order valence-electron chi connectivity index (χ1n) is 9.74. The van der Waals surface area contributed by atoms with E-state index in [-0.39, 0.29) is 11.9 Å². The Morgan fingerprint density at radius 1 is 1.07 bits per heavy atom. The van der Waals surface area contributed by atoms with Gasteiger partial charge in [-0.05, 0) is 66.8 Å². The molecular formula is C23H21F3N2O2. The minimum absolute atomic E-state index is 0.00638. The number of fused-ring (bicyclic) bond motifs is 1. The minimum atomic E-state index is -4.39. The summed E-state index contributed by atoms with van der Waals surface area (Å²) in [6, 6.07) is 15.3. The van der Waals surface area contributed by atoms with Crippen molar-refractivity contribution in [1.82, 2.24) is 4.90 Å². The number of alkyl halides is 3. The molecule has 0 spiro atoms. The summed E-state index contributed by atoms with van der Waals surface area (Å²) in [6.07, 6.45) is -2.57. The van der Waals surface area contributed by atoms with Crippen molar-refractivity contribution in [2.75, 3.05) is 13.1 Å². The Morgan fingerprint density at radius 3 is 2.53 bits per heavy atom. The third-order valence-corrected chi connectivity index (χ3v) is 5.24. The van der Waals surface area contributed by atoms with Crippen molar-refractivity contribution < 1.29 is 22.7 Å². The molecule has 0 radical (unpaired) electrons. The lowest BCUT2D eigenvalue weighted by molar-refractivity contribution is -0.137. The van der Waals surface area contributed by atoms with Crippen LogP contribution >= 0.6 is 0 Å². The molecule has 1 fully saturated rings. The molecule has 1 heterocycles. The van der Waals surface area contributed by atoms with Crippen molar-refractivity contribution in [3.63, 3.8) is 0 Å². The number of hydrogen-bond acceptors (Lipinski definition) is 3. The molecule has 156 valence electrons. The number of carbonyl (C=O) groups excluding carboxylic acids is 1. The number of ether oxygens (including phenoxy) is 1. The zero-order valence-electron chi connectivity index (χ0n) is 16.2. The van der Waals surface area contributed by atoms with Gasteiger partial charge in [0.1, 0.15) is 11.5 Å². The van der Waals surface area contributed by atoms with E-state index >= 15 is 0 Å². The van der Waals surface area contributed by atoms with E-state index in [0.29, 0.717) is 30.2 Å². The second-order valence-corrected chi connectivity index (χ2v) is 7.47. The van der Waals surface area contributed by atoms with Gasteiger partial charge < -0.3 is 15.4 Å². The monoisotopic (exact) mass is 414 g/mol. The summed E-state index contributed by atoms with van der Waals surface area (Å²) in [5.41, 5.74) is 5.83. The molecule has 3 aromatic rings. The van der Waals surface area contributed by atoms with Gasteiger partial charge in [0.2, 0.25) is 0 Å². The van der Waals surface area contributed by atoms with Crippen LogP contribution in [0.5, 0.6) is 11.5 Å². The van der Waals surface area contributed by atoms with Gasteiger partial charge in [-0.2, -0.15) is 13.2 Å². The third-order valence-electron chi connectivity index (χ3n) is 5.24. The molecule has 0 bridgehead atoms. The molecule has 4 nitrogen and oxygen atoms in total. The first kappa shape index (κ1) is 20.2. The third kappa shape index (κ3) is 4.26. The zero-order chi connectivity index (χ0) is 21.3. The Labute approximate surface area is 172 Å². The molecule has 0 saturated carbocycles. The molecule has 1 aliphatic heterocycles. The van der Waals surface area contributed by atoms with Crippen LogP contribution in [0.4, 0.5) is 13.2 Å². The number of rotatable bonds is 3. The first-order valence-corrected chi connectivity index (χ1v) is 9.74. The van der Waals surface area contributed by atoms with Gasteiger partial charge in [0.05, 0.1) is 5.56 Å². The van der Waals surface area contributed by atoms with Gasteiger partial charge in [0.25, 0.3) is 5.91 Å². The predicted molar refractivity (Wildman–Crippen MR) is 109 cm³/mol. The Bertz CT molecular complexity index is 1060. The van der Waals surface area contributed by atoms with Crippen LogP contribution in [0.2, 0.25) is 0 Å². The van der Waals surface area contributed by atoms with E-state index in [1.54, 1.807) is 35.2 Å². The van der Waals surface area contributed by atoms with Gasteiger partial charge in [-0.3, -0.25) is 4.79 Å². The fourth-order valence-corrected chi connectivity index (χ4v) is 3.69. The molecule has 1 saturated heterocycles. The van der Waals surface area contributed by atoms with E-state index in [0.717, 1.165) is 35.7 Å². The molecule has 1 amide bonds. The van der Waals surface area contributed by atoms with E-state index in [1.807, 2.05) is 6.07 Å². The SMILES string of the molecule is NC1CCCN(C(=O)c2ccc3c(Oc4ccc(C(F)(F)F)cc4)cccc3c2)C1. The standard InChI is InChI=1S/C23H21F3N2O2/c24-23(25,26)17-7-9-19(10-8-17)30-21-5-1-3-15-13-16(6-11-20(15)21)22(29)28-12-2-4-18(27)14-28/h1,3,5-11,13,18H,2,4,12,14,27H2. The molecule has 4 rings (SSSR count). The quantitative estimate of drug-likeness (QED) is 0.640. The normalized spacial score (nSPS) is 17.2. The largest absolute Gasteiger partial charge is 0.457 e. The van der Waals surface area contributed by atoms with Crippen LogP contribution in [0, 0.1) is 0 Å². The van der Waals surface area contributed by atoms with E-state index in [4.69, 9.17) is 10.5 Å². The maximum absolute atomic E-state index is 12.8. The van der Waals surface area contributed by atoms with E-state index in [9.17, 15) is 18.0 Å². The summed E-state index contributed by atoms with van der Waals surface area (Å²) < 4.78 is 44.0. The lowest BCUT2D eigenvalue weighted by atomic mass is 10.0. The highest BCUT2D eigenvalue weighted by Gasteiger charge is 2.30. The molecule has 2 N–H and O–H groups in total. The molecule has 0 aliphatic carbocycles. The van der Waals surface area contributed by atoms with Gasteiger partial charge in [-0.1, -0.05) is 12.1 Å². The molecule has 0 aromatic heterocycles. The fraction of sp³-hybridized carbons (Fsp3) is 0.261. The van der Waals surface area contributed by atoms with Crippen molar-refractivity contribution >= 4 is 16.7 Å². The highest BCUT2D eigenvalue weighted by atomic mass is 19.4. The van der Waals surface area contributed by atoms with Gasteiger partial charge in [0.15, 0.2) is 0 Å². The van der Waals surface area contributed by atoms with Crippen LogP contribution in [-0.4, -0.2) is 29.9 Å². The van der Waals surface area contributed by atoms with Gasteiger partial charge >= 0.3 is 6.18 Å². The van der Waals surface area contributed by atoms with Crippen molar-refractivity contribution in [3.8, 4) is 11.5 Å². The van der Waals surface area contributed by atoms with Crippen molar-refractivity contribution in [1.29, 1.82) is 0 Å². The smallest absolute Gasteiger partial charge is 0.416 e. The Morgan fingerprint density at radius 2 is 1.83 bits per heavy atom. The molecular weight excluding hydrogens is 393 g/mol. The highest BCUT2D eigenvalue weighted by molar-refractivity contribution is 6.00. The zero-order valence-corrected chi connectivity index (χ0v) is 16.2. The summed E-state index contributed by atoms with van der Waals surface area (Å²) in [4.78, 5) is 14.6. The second kappa shape index (κ2) is 7.99. The topological polar surface area (TPSA) is 55.6 Å². The maximum Gasteiger partial charge on any atom is 0.416 e. The fourth-order valence-electron chi connectivity index (χ4n) is 3.69. The second-order valence-electron chi connectivity index (χ2n) is 7.47.